The van der Waals surface area contributed by atoms with Gasteiger partial charge in [-0.05, 0) is 70.6 Å². The van der Waals surface area contributed by atoms with Crippen LogP contribution in [0.4, 0.5) is 33.6 Å². The largest absolute Gasteiger partial charge is 0.416 e. The molecular weight excluding hydrogens is 631 g/mol. The summed E-state index contributed by atoms with van der Waals surface area (Å²) in [6.45, 7) is 4.27. The number of nitrogens with zero attached hydrogens (tertiary/aromatic N) is 7. The Morgan fingerprint density at radius 3 is 2.44 bits per heavy atom. The predicted octanol–water partition coefficient (Wildman–Crippen LogP) is 6.89. The normalized spacial score (nSPS) is 16.3. The van der Waals surface area contributed by atoms with Crippen LogP contribution in [0.2, 0.25) is 0 Å². The van der Waals surface area contributed by atoms with Crippen molar-refractivity contribution in [1.29, 1.82) is 5.26 Å². The molecule has 14 heteroatoms. The molecule has 2 aromatic heterocycles. The van der Waals surface area contributed by atoms with Gasteiger partial charge in [0.25, 0.3) is 11.8 Å². The highest BCUT2D eigenvalue weighted by atomic mass is 19.4. The van der Waals surface area contributed by atoms with Crippen LogP contribution in [-0.4, -0.2) is 56.1 Å². The highest BCUT2D eigenvalue weighted by molar-refractivity contribution is 6.10. The molecule has 250 valence electrons. The summed E-state index contributed by atoms with van der Waals surface area (Å²) in [5.41, 5.74) is 1.19. The number of alkyl halides is 5. The van der Waals surface area contributed by atoms with Gasteiger partial charge < -0.3 is 9.88 Å². The van der Waals surface area contributed by atoms with Gasteiger partial charge in [0, 0.05) is 57.2 Å². The molecular formula is C34H33F5N8O. The number of carbonyl (C=O) groups is 1. The van der Waals surface area contributed by atoms with Crippen molar-refractivity contribution < 1.29 is 26.7 Å². The summed E-state index contributed by atoms with van der Waals surface area (Å²) < 4.78 is 72.5. The van der Waals surface area contributed by atoms with E-state index in [1.807, 2.05) is 13.8 Å². The zero-order valence-corrected chi connectivity index (χ0v) is 26.6. The van der Waals surface area contributed by atoms with E-state index >= 15 is 0 Å². The molecule has 1 fully saturated rings. The fraction of sp³-hybridized carbons (Fsp3) is 0.382. The number of hydrogen-bond acceptors (Lipinski definition) is 7. The lowest BCUT2D eigenvalue weighted by Crippen LogP contribution is -2.38. The van der Waals surface area contributed by atoms with Crippen molar-refractivity contribution in [2.75, 3.05) is 29.9 Å². The smallest absolute Gasteiger partial charge is 0.370 e. The standard InChI is InChI=1S/C34H33F5N8O/c1-20(2)16-41-29-13-23(25-10-21(15-40)4-5-24(25)31-44-42-19-45(31)3)14-30(43-29)47-18-27-26(32(47)48)11-22(12-28(27)34(37,38)39)17-46-8-6-33(35,36)7-9-46/h4-5,10-14,19-20H,6-9,16-18H2,1-3H3,(H,41,43). The van der Waals surface area contributed by atoms with E-state index in [2.05, 4.69) is 26.6 Å². The Kier molecular flexibility index (Phi) is 8.67. The van der Waals surface area contributed by atoms with E-state index in [4.69, 9.17) is 0 Å². The lowest BCUT2D eigenvalue weighted by atomic mass is 9.97. The first-order valence-corrected chi connectivity index (χ1v) is 15.5. The molecule has 0 atom stereocenters. The number of piperidine rings is 1. The number of rotatable bonds is 8. The molecule has 2 aliphatic rings. The van der Waals surface area contributed by atoms with Crippen molar-refractivity contribution in [2.45, 2.75) is 51.9 Å². The van der Waals surface area contributed by atoms with Crippen LogP contribution >= 0.6 is 0 Å². The van der Waals surface area contributed by atoms with Crippen LogP contribution in [0.1, 0.15) is 59.3 Å². The number of aryl methyl sites for hydroxylation is 1. The molecule has 0 unspecified atom stereocenters. The SMILES string of the molecule is CC(C)CNc1cc(-c2cc(C#N)ccc2-c2nncn2C)cc(N2Cc3c(cc(CN4CCC(F)(F)CC4)cc3C(F)(F)F)C2=O)n1. The van der Waals surface area contributed by atoms with Crippen LogP contribution in [0.5, 0.6) is 0 Å². The van der Waals surface area contributed by atoms with Crippen LogP contribution in [0.25, 0.3) is 22.5 Å². The Morgan fingerprint density at radius 2 is 1.79 bits per heavy atom. The molecule has 6 rings (SSSR count). The van der Waals surface area contributed by atoms with Gasteiger partial charge >= 0.3 is 6.18 Å². The van der Waals surface area contributed by atoms with E-state index in [1.54, 1.807) is 46.8 Å². The molecule has 0 aliphatic carbocycles. The second-order valence-electron chi connectivity index (χ2n) is 12.7. The maximum absolute atomic E-state index is 14.5. The molecule has 1 amide bonds. The molecule has 2 aromatic carbocycles. The fourth-order valence-electron chi connectivity index (χ4n) is 6.08. The summed E-state index contributed by atoms with van der Waals surface area (Å²) in [4.78, 5) is 21.5. The number of amides is 1. The monoisotopic (exact) mass is 664 g/mol. The summed E-state index contributed by atoms with van der Waals surface area (Å²) in [7, 11) is 1.78. The van der Waals surface area contributed by atoms with Crippen molar-refractivity contribution >= 4 is 17.5 Å². The number of halogens is 5. The van der Waals surface area contributed by atoms with Gasteiger partial charge in [0.1, 0.15) is 18.0 Å². The molecule has 0 bridgehead atoms. The number of nitriles is 1. The van der Waals surface area contributed by atoms with E-state index < -0.39 is 23.6 Å². The predicted molar refractivity (Wildman–Crippen MR) is 169 cm³/mol. The van der Waals surface area contributed by atoms with Gasteiger partial charge in [-0.2, -0.15) is 18.4 Å². The van der Waals surface area contributed by atoms with Crippen LogP contribution < -0.4 is 10.2 Å². The number of pyridine rings is 1. The van der Waals surface area contributed by atoms with Gasteiger partial charge in [-0.3, -0.25) is 14.6 Å². The van der Waals surface area contributed by atoms with Gasteiger partial charge in [0.05, 0.1) is 23.7 Å². The summed E-state index contributed by atoms with van der Waals surface area (Å²) in [6.07, 6.45) is -3.96. The Bertz CT molecular complexity index is 1900. The number of carbonyl (C=O) groups excluding carboxylic acids is 1. The van der Waals surface area contributed by atoms with E-state index in [9.17, 15) is 32.0 Å². The van der Waals surface area contributed by atoms with Crippen molar-refractivity contribution in [1.82, 2.24) is 24.6 Å². The molecule has 9 nitrogen and oxygen atoms in total. The first kappa shape index (κ1) is 33.0. The Hall–Kier alpha value is -4.90. The number of aromatic nitrogens is 4. The lowest BCUT2D eigenvalue weighted by molar-refractivity contribution is -0.138. The van der Waals surface area contributed by atoms with Crippen molar-refractivity contribution in [3.8, 4) is 28.6 Å². The molecule has 0 spiro atoms. The van der Waals surface area contributed by atoms with Gasteiger partial charge in [-0.1, -0.05) is 13.8 Å². The number of nitrogens with one attached hydrogen (secondary N) is 1. The fourth-order valence-corrected chi connectivity index (χ4v) is 6.08. The molecule has 1 saturated heterocycles. The van der Waals surface area contributed by atoms with Crippen molar-refractivity contribution in [3.05, 3.63) is 76.6 Å². The Balaban J connectivity index is 1.42. The second-order valence-corrected chi connectivity index (χ2v) is 12.7. The van der Waals surface area contributed by atoms with Crippen molar-refractivity contribution in [2.24, 2.45) is 13.0 Å². The number of anilines is 2. The van der Waals surface area contributed by atoms with Gasteiger partial charge in [0.15, 0.2) is 5.82 Å². The maximum atomic E-state index is 14.5. The molecule has 1 N–H and O–H groups in total. The summed E-state index contributed by atoms with van der Waals surface area (Å²) >= 11 is 0. The van der Waals surface area contributed by atoms with E-state index in [0.717, 1.165) is 6.07 Å². The first-order chi connectivity index (χ1) is 22.7. The van der Waals surface area contributed by atoms with Gasteiger partial charge in [-0.15, -0.1) is 10.2 Å². The highest BCUT2D eigenvalue weighted by Gasteiger charge is 2.41. The highest BCUT2D eigenvalue weighted by Crippen LogP contribution is 2.41. The number of likely N-dealkylation sites (tertiary alicyclic amines) is 1. The zero-order valence-electron chi connectivity index (χ0n) is 26.6. The third kappa shape index (κ3) is 6.73. The average Bonchev–Trinajstić information content (AvgIpc) is 3.62. The Labute approximate surface area is 274 Å². The number of benzene rings is 2. The molecule has 48 heavy (non-hydrogen) atoms. The second kappa shape index (κ2) is 12.6. The minimum absolute atomic E-state index is 0.0107. The first-order valence-electron chi connectivity index (χ1n) is 15.5. The van der Waals surface area contributed by atoms with E-state index in [1.165, 1.54) is 17.3 Å². The van der Waals surface area contributed by atoms with Crippen LogP contribution in [0.3, 0.4) is 0 Å². The topological polar surface area (TPSA) is 103 Å². The molecule has 4 aromatic rings. The average molecular weight is 665 g/mol. The number of hydrogen-bond donors (Lipinski definition) is 1. The molecule has 0 saturated carbocycles. The lowest BCUT2D eigenvalue weighted by Gasteiger charge is -2.31. The van der Waals surface area contributed by atoms with Gasteiger partial charge in [-0.25, -0.2) is 13.8 Å². The van der Waals surface area contributed by atoms with E-state index in [0.29, 0.717) is 40.4 Å². The van der Waals surface area contributed by atoms with Crippen molar-refractivity contribution in [3.63, 3.8) is 0 Å². The number of fused-ring (bicyclic) bond motifs is 1. The zero-order chi connectivity index (χ0) is 34.4. The summed E-state index contributed by atoms with van der Waals surface area (Å²) in [5, 5.41) is 21.2. The third-order valence-electron chi connectivity index (χ3n) is 8.59. The van der Waals surface area contributed by atoms with E-state index in [-0.39, 0.29) is 67.4 Å². The Morgan fingerprint density at radius 1 is 1.04 bits per heavy atom. The van der Waals surface area contributed by atoms with Crippen LogP contribution in [0.15, 0.2) is 48.8 Å². The molecule has 2 aliphatic heterocycles. The quantitative estimate of drug-likeness (QED) is 0.205. The van der Waals surface area contributed by atoms with Crippen LogP contribution in [-0.2, 0) is 26.3 Å². The minimum atomic E-state index is -4.76. The maximum Gasteiger partial charge on any atom is 0.416 e. The molecule has 4 heterocycles. The third-order valence-corrected chi connectivity index (χ3v) is 8.59. The molecule has 0 radical (unpaired) electrons. The minimum Gasteiger partial charge on any atom is -0.370 e. The summed E-state index contributed by atoms with van der Waals surface area (Å²) in [6, 6.07) is 13.0. The van der Waals surface area contributed by atoms with Crippen LogP contribution in [0, 0.1) is 17.2 Å². The summed E-state index contributed by atoms with van der Waals surface area (Å²) in [5.74, 6) is -2.18. The van der Waals surface area contributed by atoms with Gasteiger partial charge in [0.2, 0.25) is 0 Å².